The van der Waals surface area contributed by atoms with Crippen molar-refractivity contribution < 1.29 is 5.11 Å². The third-order valence-electron chi connectivity index (χ3n) is 4.43. The first kappa shape index (κ1) is 11.8. The van der Waals surface area contributed by atoms with Crippen LogP contribution in [0.1, 0.15) is 40.5 Å². The SMILES string of the molecule is C=CC(C(C)O)C1CCC(C)C1(C)C. The Morgan fingerprint density at radius 1 is 1.43 bits per heavy atom. The highest BCUT2D eigenvalue weighted by molar-refractivity contribution is 4.99. The van der Waals surface area contributed by atoms with Crippen LogP contribution in [-0.4, -0.2) is 11.2 Å². The first-order chi connectivity index (χ1) is 6.41. The second-order valence-corrected chi connectivity index (χ2v) is 5.46. The fourth-order valence-corrected chi connectivity index (χ4v) is 2.92. The Morgan fingerprint density at radius 3 is 2.29 bits per heavy atom. The van der Waals surface area contributed by atoms with Crippen LogP contribution < -0.4 is 0 Å². The van der Waals surface area contributed by atoms with Gasteiger partial charge in [-0.25, -0.2) is 0 Å². The van der Waals surface area contributed by atoms with Crippen molar-refractivity contribution in [3.63, 3.8) is 0 Å². The quantitative estimate of drug-likeness (QED) is 0.687. The molecule has 1 N–H and O–H groups in total. The zero-order valence-electron chi connectivity index (χ0n) is 9.96. The van der Waals surface area contributed by atoms with Gasteiger partial charge in [-0.2, -0.15) is 0 Å². The molecule has 0 bridgehead atoms. The minimum Gasteiger partial charge on any atom is -0.393 e. The molecule has 1 heteroatoms. The van der Waals surface area contributed by atoms with Crippen molar-refractivity contribution in [3.8, 4) is 0 Å². The fourth-order valence-electron chi connectivity index (χ4n) is 2.92. The van der Waals surface area contributed by atoms with Crippen LogP contribution >= 0.6 is 0 Å². The van der Waals surface area contributed by atoms with Crippen molar-refractivity contribution >= 4 is 0 Å². The molecule has 82 valence electrons. The summed E-state index contributed by atoms with van der Waals surface area (Å²) in [7, 11) is 0. The maximum absolute atomic E-state index is 9.72. The maximum Gasteiger partial charge on any atom is 0.0577 e. The van der Waals surface area contributed by atoms with Gasteiger partial charge in [0.2, 0.25) is 0 Å². The molecule has 0 heterocycles. The molecule has 4 atom stereocenters. The topological polar surface area (TPSA) is 20.2 Å². The summed E-state index contributed by atoms with van der Waals surface area (Å²) in [6.07, 6.45) is 4.20. The second-order valence-electron chi connectivity index (χ2n) is 5.46. The van der Waals surface area contributed by atoms with E-state index in [0.29, 0.717) is 11.3 Å². The molecule has 0 saturated heterocycles. The van der Waals surface area contributed by atoms with E-state index in [0.717, 1.165) is 5.92 Å². The highest BCUT2D eigenvalue weighted by Gasteiger charge is 2.44. The van der Waals surface area contributed by atoms with Gasteiger partial charge in [0.05, 0.1) is 6.10 Å². The first-order valence-electron chi connectivity index (χ1n) is 5.71. The highest BCUT2D eigenvalue weighted by Crippen LogP contribution is 2.51. The molecule has 0 spiro atoms. The number of rotatable bonds is 3. The Bertz CT molecular complexity index is 205. The Balaban J connectivity index is 2.82. The lowest BCUT2D eigenvalue weighted by molar-refractivity contribution is 0.0643. The molecule has 0 aromatic carbocycles. The minimum atomic E-state index is -0.262. The van der Waals surface area contributed by atoms with Crippen LogP contribution in [0, 0.1) is 23.2 Å². The monoisotopic (exact) mass is 196 g/mol. The molecule has 1 nitrogen and oxygen atoms in total. The van der Waals surface area contributed by atoms with Crippen molar-refractivity contribution in [2.24, 2.45) is 23.2 Å². The summed E-state index contributed by atoms with van der Waals surface area (Å²) in [6.45, 7) is 12.7. The van der Waals surface area contributed by atoms with Crippen molar-refractivity contribution in [2.45, 2.75) is 46.6 Å². The summed E-state index contributed by atoms with van der Waals surface area (Å²) in [4.78, 5) is 0. The van der Waals surface area contributed by atoms with Gasteiger partial charge in [-0.1, -0.05) is 26.8 Å². The molecular formula is C13H24O. The van der Waals surface area contributed by atoms with Crippen LogP contribution in [0.2, 0.25) is 0 Å². The van der Waals surface area contributed by atoms with Gasteiger partial charge in [0, 0.05) is 5.92 Å². The lowest BCUT2D eigenvalue weighted by Gasteiger charge is -2.36. The highest BCUT2D eigenvalue weighted by atomic mass is 16.3. The third kappa shape index (κ3) is 1.88. The summed E-state index contributed by atoms with van der Waals surface area (Å²) in [5, 5.41) is 9.72. The molecule has 0 amide bonds. The van der Waals surface area contributed by atoms with Gasteiger partial charge in [0.1, 0.15) is 0 Å². The number of aliphatic hydroxyl groups is 1. The van der Waals surface area contributed by atoms with Gasteiger partial charge in [-0.05, 0) is 37.0 Å². The molecule has 0 radical (unpaired) electrons. The van der Waals surface area contributed by atoms with Gasteiger partial charge in [0.15, 0.2) is 0 Å². The Hall–Kier alpha value is -0.300. The van der Waals surface area contributed by atoms with Crippen molar-refractivity contribution in [1.29, 1.82) is 0 Å². The average molecular weight is 196 g/mol. The molecule has 1 aliphatic rings. The predicted octanol–water partition coefficient (Wildman–Crippen LogP) is 3.24. The van der Waals surface area contributed by atoms with E-state index in [1.807, 2.05) is 13.0 Å². The number of aliphatic hydroxyl groups excluding tert-OH is 1. The number of hydrogen-bond acceptors (Lipinski definition) is 1. The van der Waals surface area contributed by atoms with E-state index in [-0.39, 0.29) is 12.0 Å². The molecule has 0 aromatic rings. The molecule has 0 aliphatic heterocycles. The normalized spacial score (nSPS) is 35.2. The summed E-state index contributed by atoms with van der Waals surface area (Å²) < 4.78 is 0. The third-order valence-corrected chi connectivity index (χ3v) is 4.43. The van der Waals surface area contributed by atoms with Crippen LogP contribution in [0.5, 0.6) is 0 Å². The second kappa shape index (κ2) is 4.06. The Kier molecular flexibility index (Phi) is 3.41. The van der Waals surface area contributed by atoms with Crippen LogP contribution in [0.25, 0.3) is 0 Å². The smallest absolute Gasteiger partial charge is 0.0577 e. The summed E-state index contributed by atoms with van der Waals surface area (Å²) in [5.74, 6) is 1.61. The first-order valence-corrected chi connectivity index (χ1v) is 5.71. The lowest BCUT2D eigenvalue weighted by atomic mass is 9.69. The molecule has 1 aliphatic carbocycles. The molecule has 1 saturated carbocycles. The van der Waals surface area contributed by atoms with Gasteiger partial charge in [0.25, 0.3) is 0 Å². The van der Waals surface area contributed by atoms with Crippen molar-refractivity contribution in [2.75, 3.05) is 0 Å². The zero-order chi connectivity index (χ0) is 10.9. The molecular weight excluding hydrogens is 172 g/mol. The predicted molar refractivity (Wildman–Crippen MR) is 61.0 cm³/mol. The maximum atomic E-state index is 9.72. The average Bonchev–Trinajstić information content (AvgIpc) is 2.32. The van der Waals surface area contributed by atoms with E-state index in [9.17, 15) is 5.11 Å². The van der Waals surface area contributed by atoms with Crippen LogP contribution in [0.3, 0.4) is 0 Å². The van der Waals surface area contributed by atoms with Crippen molar-refractivity contribution in [1.82, 2.24) is 0 Å². The molecule has 1 fully saturated rings. The molecule has 4 unspecified atom stereocenters. The molecule has 14 heavy (non-hydrogen) atoms. The summed E-state index contributed by atoms with van der Waals surface area (Å²) in [5.41, 5.74) is 0.343. The Labute approximate surface area is 88.2 Å². The van der Waals surface area contributed by atoms with Gasteiger partial charge >= 0.3 is 0 Å². The lowest BCUT2D eigenvalue weighted by Crippen LogP contribution is -2.33. The van der Waals surface area contributed by atoms with Crippen LogP contribution in [0.15, 0.2) is 12.7 Å². The van der Waals surface area contributed by atoms with Gasteiger partial charge < -0.3 is 5.11 Å². The summed E-state index contributed by atoms with van der Waals surface area (Å²) >= 11 is 0. The van der Waals surface area contributed by atoms with E-state index in [2.05, 4.69) is 27.4 Å². The summed E-state index contributed by atoms with van der Waals surface area (Å²) in [6, 6.07) is 0. The van der Waals surface area contributed by atoms with Gasteiger partial charge in [-0.3, -0.25) is 0 Å². The number of hydrogen-bond donors (Lipinski definition) is 1. The van der Waals surface area contributed by atoms with Crippen molar-refractivity contribution in [3.05, 3.63) is 12.7 Å². The van der Waals surface area contributed by atoms with E-state index in [4.69, 9.17) is 0 Å². The van der Waals surface area contributed by atoms with Crippen LogP contribution in [0.4, 0.5) is 0 Å². The molecule has 0 aromatic heterocycles. The standard InChI is InChI=1S/C13H24O/c1-6-11(10(3)14)12-8-7-9(2)13(12,4)5/h6,9-12,14H,1,7-8H2,2-5H3. The largest absolute Gasteiger partial charge is 0.393 e. The van der Waals surface area contributed by atoms with E-state index >= 15 is 0 Å². The van der Waals surface area contributed by atoms with E-state index in [1.54, 1.807) is 0 Å². The van der Waals surface area contributed by atoms with E-state index in [1.165, 1.54) is 12.8 Å². The Morgan fingerprint density at radius 2 is 2.00 bits per heavy atom. The molecule has 1 rings (SSSR count). The van der Waals surface area contributed by atoms with Crippen LogP contribution in [-0.2, 0) is 0 Å². The zero-order valence-corrected chi connectivity index (χ0v) is 9.96. The van der Waals surface area contributed by atoms with E-state index < -0.39 is 0 Å². The minimum absolute atomic E-state index is 0.259. The fraction of sp³-hybridized carbons (Fsp3) is 0.846. The van der Waals surface area contributed by atoms with Gasteiger partial charge in [-0.15, -0.1) is 6.58 Å².